The highest BCUT2D eigenvalue weighted by Gasteiger charge is 2.33. The number of sulfonamides is 1. The third kappa shape index (κ3) is 2.97. The molecule has 0 N–H and O–H groups in total. The SMILES string of the molecule is N#Cc1ccc(S(=O)(=O)N2CC[C@@H](Oc3nccs3)C2)cc1. The minimum absolute atomic E-state index is 0.181. The predicted molar refractivity (Wildman–Crippen MR) is 81.1 cm³/mol. The fourth-order valence-corrected chi connectivity index (χ4v) is 4.31. The van der Waals surface area contributed by atoms with E-state index in [0.717, 1.165) is 0 Å². The average Bonchev–Trinajstić information content (AvgIpc) is 3.20. The summed E-state index contributed by atoms with van der Waals surface area (Å²) >= 11 is 1.39. The molecule has 0 aliphatic carbocycles. The largest absolute Gasteiger partial charge is 0.465 e. The van der Waals surface area contributed by atoms with E-state index in [1.54, 1.807) is 6.20 Å². The van der Waals surface area contributed by atoms with Crippen LogP contribution in [0.2, 0.25) is 0 Å². The zero-order valence-electron chi connectivity index (χ0n) is 11.5. The van der Waals surface area contributed by atoms with Gasteiger partial charge in [0.25, 0.3) is 5.19 Å². The molecule has 1 saturated heterocycles. The van der Waals surface area contributed by atoms with Crippen molar-refractivity contribution in [3.63, 3.8) is 0 Å². The molecular weight excluding hydrogens is 322 g/mol. The van der Waals surface area contributed by atoms with Crippen LogP contribution in [-0.4, -0.2) is 36.9 Å². The molecule has 0 amide bonds. The minimum Gasteiger partial charge on any atom is -0.465 e. The van der Waals surface area contributed by atoms with Crippen molar-refractivity contribution in [3.05, 3.63) is 41.4 Å². The van der Waals surface area contributed by atoms with Crippen LogP contribution in [-0.2, 0) is 10.0 Å². The molecular formula is C14H13N3O3S2. The highest BCUT2D eigenvalue weighted by molar-refractivity contribution is 7.89. The van der Waals surface area contributed by atoms with Gasteiger partial charge in [0.05, 0.1) is 23.1 Å². The molecule has 114 valence electrons. The lowest BCUT2D eigenvalue weighted by Crippen LogP contribution is -2.31. The lowest BCUT2D eigenvalue weighted by Gasteiger charge is -2.16. The monoisotopic (exact) mass is 335 g/mol. The van der Waals surface area contributed by atoms with Gasteiger partial charge in [-0.3, -0.25) is 0 Å². The number of benzene rings is 1. The van der Waals surface area contributed by atoms with E-state index in [1.807, 2.05) is 11.4 Å². The number of hydrogen-bond donors (Lipinski definition) is 0. The van der Waals surface area contributed by atoms with Crippen molar-refractivity contribution in [2.75, 3.05) is 13.1 Å². The third-order valence-corrected chi connectivity index (χ3v) is 5.95. The second-order valence-corrected chi connectivity index (χ2v) is 7.62. The number of rotatable bonds is 4. The van der Waals surface area contributed by atoms with Crippen molar-refractivity contribution >= 4 is 21.4 Å². The van der Waals surface area contributed by atoms with Gasteiger partial charge in [0.15, 0.2) is 0 Å². The van der Waals surface area contributed by atoms with Gasteiger partial charge in [-0.2, -0.15) is 9.57 Å². The van der Waals surface area contributed by atoms with Gasteiger partial charge < -0.3 is 4.74 Å². The van der Waals surface area contributed by atoms with Gasteiger partial charge in [0.2, 0.25) is 10.0 Å². The first-order valence-electron chi connectivity index (χ1n) is 6.66. The van der Waals surface area contributed by atoms with E-state index in [9.17, 15) is 8.42 Å². The first-order valence-corrected chi connectivity index (χ1v) is 8.98. The van der Waals surface area contributed by atoms with Crippen molar-refractivity contribution in [2.45, 2.75) is 17.4 Å². The Hall–Kier alpha value is -1.95. The molecule has 8 heteroatoms. The molecule has 0 saturated carbocycles. The van der Waals surface area contributed by atoms with Crippen LogP contribution >= 0.6 is 11.3 Å². The normalized spacial score (nSPS) is 19.0. The van der Waals surface area contributed by atoms with E-state index in [4.69, 9.17) is 10.00 Å². The summed E-state index contributed by atoms with van der Waals surface area (Å²) < 4.78 is 32.2. The van der Waals surface area contributed by atoms with E-state index in [-0.39, 0.29) is 11.0 Å². The van der Waals surface area contributed by atoms with E-state index < -0.39 is 10.0 Å². The van der Waals surface area contributed by atoms with E-state index >= 15 is 0 Å². The second-order valence-electron chi connectivity index (χ2n) is 4.83. The van der Waals surface area contributed by atoms with E-state index in [0.29, 0.717) is 30.3 Å². The van der Waals surface area contributed by atoms with Crippen LogP contribution in [0.1, 0.15) is 12.0 Å². The molecule has 2 heterocycles. The summed E-state index contributed by atoms with van der Waals surface area (Å²) in [4.78, 5) is 4.24. The molecule has 1 aromatic heterocycles. The smallest absolute Gasteiger partial charge is 0.273 e. The molecule has 1 aromatic carbocycles. The molecule has 2 aromatic rings. The van der Waals surface area contributed by atoms with Crippen molar-refractivity contribution in [3.8, 4) is 11.3 Å². The van der Waals surface area contributed by atoms with Crippen LogP contribution < -0.4 is 4.74 Å². The van der Waals surface area contributed by atoms with Gasteiger partial charge in [-0.25, -0.2) is 13.4 Å². The molecule has 0 bridgehead atoms. The predicted octanol–water partition coefficient (Wildman–Crippen LogP) is 1.86. The molecule has 3 rings (SSSR count). The molecule has 0 spiro atoms. The fraction of sp³-hybridized carbons (Fsp3) is 0.286. The number of aromatic nitrogens is 1. The Morgan fingerprint density at radius 2 is 2.14 bits per heavy atom. The van der Waals surface area contributed by atoms with Crippen molar-refractivity contribution in [1.29, 1.82) is 5.26 Å². The Balaban J connectivity index is 1.72. The molecule has 1 aliphatic heterocycles. The first-order chi connectivity index (χ1) is 10.6. The maximum Gasteiger partial charge on any atom is 0.273 e. The average molecular weight is 335 g/mol. The molecule has 1 fully saturated rings. The van der Waals surface area contributed by atoms with Crippen LogP contribution in [0.15, 0.2) is 40.7 Å². The summed E-state index contributed by atoms with van der Waals surface area (Å²) in [6.45, 7) is 0.723. The van der Waals surface area contributed by atoms with Crippen LogP contribution in [0.25, 0.3) is 0 Å². The maximum absolute atomic E-state index is 12.6. The summed E-state index contributed by atoms with van der Waals surface area (Å²) in [5.74, 6) is 0. The summed E-state index contributed by atoms with van der Waals surface area (Å²) in [7, 11) is -3.55. The summed E-state index contributed by atoms with van der Waals surface area (Å²) in [6.07, 6.45) is 2.11. The van der Waals surface area contributed by atoms with Crippen molar-refractivity contribution in [2.24, 2.45) is 0 Å². The highest BCUT2D eigenvalue weighted by Crippen LogP contribution is 2.25. The Morgan fingerprint density at radius 3 is 2.77 bits per heavy atom. The Morgan fingerprint density at radius 1 is 1.36 bits per heavy atom. The van der Waals surface area contributed by atoms with Crippen LogP contribution in [0.5, 0.6) is 5.19 Å². The molecule has 1 atom stereocenters. The van der Waals surface area contributed by atoms with Gasteiger partial charge >= 0.3 is 0 Å². The number of thiazole rings is 1. The van der Waals surface area contributed by atoms with Crippen LogP contribution in [0, 0.1) is 11.3 Å². The summed E-state index contributed by atoms with van der Waals surface area (Å²) in [6, 6.07) is 7.91. The Bertz CT molecular complexity index is 780. The highest BCUT2D eigenvalue weighted by atomic mass is 32.2. The quantitative estimate of drug-likeness (QED) is 0.851. The maximum atomic E-state index is 12.6. The summed E-state index contributed by atoms with van der Waals surface area (Å²) in [5, 5.41) is 11.1. The molecule has 1 aliphatic rings. The minimum atomic E-state index is -3.55. The fourth-order valence-electron chi connectivity index (χ4n) is 2.27. The zero-order valence-corrected chi connectivity index (χ0v) is 13.2. The topological polar surface area (TPSA) is 83.3 Å². The van der Waals surface area contributed by atoms with Gasteiger partial charge in [-0.15, -0.1) is 0 Å². The van der Waals surface area contributed by atoms with E-state index in [1.165, 1.54) is 39.9 Å². The third-order valence-electron chi connectivity index (χ3n) is 3.41. The molecule has 22 heavy (non-hydrogen) atoms. The van der Waals surface area contributed by atoms with Crippen LogP contribution in [0.3, 0.4) is 0 Å². The second kappa shape index (κ2) is 6.04. The number of hydrogen-bond acceptors (Lipinski definition) is 6. The van der Waals surface area contributed by atoms with Gasteiger partial charge in [0, 0.05) is 18.1 Å². The van der Waals surface area contributed by atoms with Gasteiger partial charge in [-0.1, -0.05) is 11.3 Å². The lowest BCUT2D eigenvalue weighted by atomic mass is 10.2. The van der Waals surface area contributed by atoms with E-state index in [2.05, 4.69) is 4.98 Å². The summed E-state index contributed by atoms with van der Waals surface area (Å²) in [5.41, 5.74) is 0.436. The number of nitrogens with zero attached hydrogens (tertiary/aromatic N) is 3. The van der Waals surface area contributed by atoms with Gasteiger partial charge in [-0.05, 0) is 30.7 Å². The zero-order chi connectivity index (χ0) is 15.6. The van der Waals surface area contributed by atoms with Gasteiger partial charge in [0.1, 0.15) is 6.10 Å². The van der Waals surface area contributed by atoms with Crippen molar-refractivity contribution in [1.82, 2.24) is 9.29 Å². The Kier molecular flexibility index (Phi) is 4.11. The lowest BCUT2D eigenvalue weighted by molar-refractivity contribution is 0.214. The molecule has 0 unspecified atom stereocenters. The standard InChI is InChI=1S/C14H13N3O3S2/c15-9-11-1-3-13(4-2-11)22(18,19)17-7-5-12(10-17)20-14-16-6-8-21-14/h1-4,6,8,12H,5,7,10H2/t12-/m1/s1. The number of ether oxygens (including phenoxy) is 1. The first kappa shape index (κ1) is 15.0. The molecule has 6 nitrogen and oxygen atoms in total. The Labute approximate surface area is 132 Å². The van der Waals surface area contributed by atoms with Crippen molar-refractivity contribution < 1.29 is 13.2 Å². The molecule has 0 radical (unpaired) electrons. The van der Waals surface area contributed by atoms with Crippen LogP contribution in [0.4, 0.5) is 0 Å². The number of nitriles is 1.